The van der Waals surface area contributed by atoms with Crippen molar-refractivity contribution in [2.24, 2.45) is 5.92 Å². The fraction of sp³-hybridized carbons (Fsp3) is 0.407. The predicted molar refractivity (Wildman–Crippen MR) is 146 cm³/mol. The topological polar surface area (TPSA) is 112 Å². The summed E-state index contributed by atoms with van der Waals surface area (Å²) in [5, 5.41) is 6.42. The van der Waals surface area contributed by atoms with Crippen LogP contribution >= 0.6 is 15.9 Å². The normalized spacial score (nSPS) is 11.4. The van der Waals surface area contributed by atoms with E-state index in [1.165, 1.54) is 0 Å². The van der Waals surface area contributed by atoms with Gasteiger partial charge < -0.3 is 24.7 Å². The molecule has 2 heterocycles. The number of hydrogen-bond donors (Lipinski definition) is 2. The van der Waals surface area contributed by atoms with Gasteiger partial charge in [-0.3, -0.25) is 4.79 Å². The highest BCUT2D eigenvalue weighted by molar-refractivity contribution is 9.10. The van der Waals surface area contributed by atoms with Gasteiger partial charge in [0.1, 0.15) is 11.2 Å². The molecule has 198 valence electrons. The Morgan fingerprint density at radius 3 is 2.62 bits per heavy atom. The zero-order valence-corrected chi connectivity index (χ0v) is 23.3. The third kappa shape index (κ3) is 8.04. The van der Waals surface area contributed by atoms with Crippen molar-refractivity contribution >= 4 is 50.6 Å². The second-order valence-electron chi connectivity index (χ2n) is 10.0. The standard InChI is InChI=1S/C27H33BrN4O5/c1-17(2)16-36-26(35)30-12-7-9-22(33)31-19-14-20(28)23(25(34)37-27(3,4)5)21(15-19)32-13-10-18-8-6-11-29-24(18)32/h6,8,10-11,13-15,17H,7,9,12,16H2,1-5H3,(H,30,35)(H,31,33). The zero-order valence-electron chi connectivity index (χ0n) is 21.8. The summed E-state index contributed by atoms with van der Waals surface area (Å²) in [6.07, 6.45) is 3.65. The summed E-state index contributed by atoms with van der Waals surface area (Å²) in [6, 6.07) is 9.06. The van der Waals surface area contributed by atoms with E-state index in [4.69, 9.17) is 9.47 Å². The SMILES string of the molecule is CC(C)COC(=O)NCCCC(=O)Nc1cc(Br)c(C(=O)OC(C)(C)C)c(-n2ccc3cccnc32)c1. The number of halogens is 1. The van der Waals surface area contributed by atoms with Crippen molar-refractivity contribution in [1.82, 2.24) is 14.9 Å². The van der Waals surface area contributed by atoms with E-state index in [1.54, 1.807) is 43.7 Å². The lowest BCUT2D eigenvalue weighted by molar-refractivity contribution is -0.116. The minimum absolute atomic E-state index is 0.194. The van der Waals surface area contributed by atoms with Gasteiger partial charge in [-0.2, -0.15) is 0 Å². The highest BCUT2D eigenvalue weighted by atomic mass is 79.9. The Morgan fingerprint density at radius 2 is 1.92 bits per heavy atom. The molecule has 0 saturated heterocycles. The summed E-state index contributed by atoms with van der Waals surface area (Å²) >= 11 is 3.50. The van der Waals surface area contributed by atoms with Crippen LogP contribution in [0, 0.1) is 5.92 Å². The van der Waals surface area contributed by atoms with Crippen LogP contribution in [-0.4, -0.2) is 46.3 Å². The molecule has 0 radical (unpaired) electrons. The van der Waals surface area contributed by atoms with Crippen LogP contribution in [0.3, 0.4) is 0 Å². The molecular formula is C27H33BrN4O5. The molecule has 3 rings (SSSR count). The number of nitrogens with zero attached hydrogens (tertiary/aromatic N) is 2. The molecule has 3 aromatic rings. The number of benzene rings is 1. The lowest BCUT2D eigenvalue weighted by Gasteiger charge is -2.22. The molecular weight excluding hydrogens is 540 g/mol. The molecule has 10 heteroatoms. The molecule has 2 amide bonds. The van der Waals surface area contributed by atoms with Crippen molar-refractivity contribution in [3.8, 4) is 5.69 Å². The highest BCUT2D eigenvalue weighted by Crippen LogP contribution is 2.32. The number of hydrogen-bond acceptors (Lipinski definition) is 6. The van der Waals surface area contributed by atoms with E-state index in [2.05, 4.69) is 31.5 Å². The smallest absolute Gasteiger partial charge is 0.407 e. The molecule has 0 saturated carbocycles. The summed E-state index contributed by atoms with van der Waals surface area (Å²) < 4.78 is 13.0. The molecule has 0 aliphatic heterocycles. The van der Waals surface area contributed by atoms with E-state index in [1.807, 2.05) is 38.2 Å². The monoisotopic (exact) mass is 572 g/mol. The predicted octanol–water partition coefficient (Wildman–Crippen LogP) is 5.84. The maximum absolute atomic E-state index is 13.2. The third-order valence-corrected chi connectivity index (χ3v) is 5.69. The first-order valence-electron chi connectivity index (χ1n) is 12.1. The number of aromatic nitrogens is 2. The Kier molecular flexibility index (Phi) is 9.31. The van der Waals surface area contributed by atoms with Gasteiger partial charge in [0, 0.05) is 40.9 Å². The minimum Gasteiger partial charge on any atom is -0.456 e. The molecule has 0 aliphatic carbocycles. The van der Waals surface area contributed by atoms with E-state index in [0.29, 0.717) is 46.6 Å². The lowest BCUT2D eigenvalue weighted by Crippen LogP contribution is -2.27. The van der Waals surface area contributed by atoms with Gasteiger partial charge in [-0.1, -0.05) is 13.8 Å². The van der Waals surface area contributed by atoms with Crippen LogP contribution in [0.2, 0.25) is 0 Å². The van der Waals surface area contributed by atoms with Crippen LogP contribution in [0.4, 0.5) is 10.5 Å². The first kappa shape index (κ1) is 28.2. The second kappa shape index (κ2) is 12.2. The maximum Gasteiger partial charge on any atom is 0.407 e. The van der Waals surface area contributed by atoms with Gasteiger partial charge in [-0.15, -0.1) is 0 Å². The number of carbonyl (C=O) groups excluding carboxylic acids is 3. The van der Waals surface area contributed by atoms with Gasteiger partial charge in [0.2, 0.25) is 5.91 Å². The maximum atomic E-state index is 13.2. The Bertz CT molecular complexity index is 1280. The van der Waals surface area contributed by atoms with Crippen molar-refractivity contribution in [1.29, 1.82) is 0 Å². The summed E-state index contributed by atoms with van der Waals surface area (Å²) in [5.74, 6) is -0.473. The molecule has 0 atom stereocenters. The summed E-state index contributed by atoms with van der Waals surface area (Å²) in [4.78, 5) is 41.9. The first-order chi connectivity index (χ1) is 17.4. The number of amides is 2. The number of anilines is 1. The molecule has 0 unspecified atom stereocenters. The van der Waals surface area contributed by atoms with Gasteiger partial charge in [0.05, 0.1) is 17.9 Å². The van der Waals surface area contributed by atoms with Crippen molar-refractivity contribution in [3.63, 3.8) is 0 Å². The number of carbonyl (C=O) groups is 3. The van der Waals surface area contributed by atoms with E-state index in [9.17, 15) is 14.4 Å². The van der Waals surface area contributed by atoms with Crippen molar-refractivity contribution in [2.45, 2.75) is 53.1 Å². The number of esters is 1. The summed E-state index contributed by atoms with van der Waals surface area (Å²) in [6.45, 7) is 9.98. The van der Waals surface area contributed by atoms with Crippen molar-refractivity contribution in [2.75, 3.05) is 18.5 Å². The average Bonchev–Trinajstić information content (AvgIpc) is 3.23. The quantitative estimate of drug-likeness (QED) is 0.246. The largest absolute Gasteiger partial charge is 0.456 e. The highest BCUT2D eigenvalue weighted by Gasteiger charge is 2.25. The Hall–Kier alpha value is -3.40. The Labute approximate surface area is 225 Å². The third-order valence-electron chi connectivity index (χ3n) is 5.06. The second-order valence-corrected chi connectivity index (χ2v) is 10.9. The molecule has 0 bridgehead atoms. The Morgan fingerprint density at radius 1 is 1.16 bits per heavy atom. The lowest BCUT2D eigenvalue weighted by atomic mass is 10.1. The Balaban J connectivity index is 1.79. The van der Waals surface area contributed by atoms with E-state index in [0.717, 1.165) is 5.39 Å². The number of pyridine rings is 1. The fourth-order valence-electron chi connectivity index (χ4n) is 3.50. The van der Waals surface area contributed by atoms with Gasteiger partial charge >= 0.3 is 12.1 Å². The molecule has 2 N–H and O–H groups in total. The van der Waals surface area contributed by atoms with Crippen molar-refractivity contribution < 1.29 is 23.9 Å². The number of ether oxygens (including phenoxy) is 2. The molecule has 37 heavy (non-hydrogen) atoms. The molecule has 0 spiro atoms. The van der Waals surface area contributed by atoms with Gasteiger partial charge in [0.25, 0.3) is 0 Å². The van der Waals surface area contributed by atoms with Crippen LogP contribution in [0.15, 0.2) is 47.2 Å². The number of alkyl carbamates (subject to hydrolysis) is 1. The summed E-state index contributed by atoms with van der Waals surface area (Å²) in [5.41, 5.74) is 1.31. The van der Waals surface area contributed by atoms with E-state index < -0.39 is 17.7 Å². The average molecular weight is 573 g/mol. The molecule has 1 aromatic carbocycles. The zero-order chi connectivity index (χ0) is 27.2. The van der Waals surface area contributed by atoms with Crippen molar-refractivity contribution in [3.05, 3.63) is 52.8 Å². The summed E-state index contributed by atoms with van der Waals surface area (Å²) in [7, 11) is 0. The van der Waals surface area contributed by atoms with Crippen LogP contribution in [0.1, 0.15) is 57.8 Å². The van der Waals surface area contributed by atoms with Gasteiger partial charge in [-0.25, -0.2) is 14.6 Å². The minimum atomic E-state index is -0.688. The number of rotatable bonds is 9. The van der Waals surface area contributed by atoms with E-state index >= 15 is 0 Å². The van der Waals surface area contributed by atoms with Crippen LogP contribution in [-0.2, 0) is 14.3 Å². The van der Waals surface area contributed by atoms with Crippen LogP contribution in [0.5, 0.6) is 0 Å². The molecule has 9 nitrogen and oxygen atoms in total. The first-order valence-corrected chi connectivity index (χ1v) is 12.9. The number of fused-ring (bicyclic) bond motifs is 1. The van der Waals surface area contributed by atoms with Gasteiger partial charge in [-0.05, 0) is 79.4 Å². The molecule has 0 aliphatic rings. The van der Waals surface area contributed by atoms with E-state index in [-0.39, 0.29) is 18.2 Å². The van der Waals surface area contributed by atoms with Gasteiger partial charge in [0.15, 0.2) is 0 Å². The fourth-order valence-corrected chi connectivity index (χ4v) is 4.11. The molecule has 0 fully saturated rings. The van der Waals surface area contributed by atoms with Crippen LogP contribution < -0.4 is 10.6 Å². The number of nitrogens with one attached hydrogen (secondary N) is 2. The molecule has 2 aromatic heterocycles. The van der Waals surface area contributed by atoms with Crippen LogP contribution in [0.25, 0.3) is 16.7 Å².